The largest absolute Gasteiger partial charge is 0.399 e. The molecule has 1 fully saturated rings. The monoisotopic (exact) mass is 365 g/mol. The number of likely N-dealkylation sites (tertiary alicyclic amines) is 1. The second-order valence-corrected chi connectivity index (χ2v) is 6.88. The number of piperidine rings is 1. The van der Waals surface area contributed by atoms with Gasteiger partial charge in [0.05, 0.1) is 6.21 Å². The maximum Gasteiger partial charge on any atom is 0.251 e. The molecule has 2 aromatic carbocycles. The normalized spacial score (nSPS) is 15.0. The van der Waals surface area contributed by atoms with Crippen molar-refractivity contribution >= 4 is 12.1 Å². The van der Waals surface area contributed by atoms with Gasteiger partial charge in [0, 0.05) is 18.7 Å². The molecule has 142 valence electrons. The minimum Gasteiger partial charge on any atom is -0.399 e. The lowest BCUT2D eigenvalue weighted by Gasteiger charge is -2.26. The fourth-order valence-corrected chi connectivity index (χ4v) is 3.26. The molecule has 0 atom stereocenters. The summed E-state index contributed by atoms with van der Waals surface area (Å²) in [5, 5.41) is 6.68. The molecular formula is C22H27N3O2. The van der Waals surface area contributed by atoms with Crippen molar-refractivity contribution in [3.8, 4) is 0 Å². The molecule has 0 saturated carbocycles. The highest BCUT2D eigenvalue weighted by Crippen LogP contribution is 2.13. The lowest BCUT2D eigenvalue weighted by molar-refractivity contribution is 0.0951. The van der Waals surface area contributed by atoms with Gasteiger partial charge in [-0.15, -0.1) is 0 Å². The summed E-state index contributed by atoms with van der Waals surface area (Å²) in [6.45, 7) is 3.95. The zero-order chi connectivity index (χ0) is 18.9. The van der Waals surface area contributed by atoms with Crippen LogP contribution in [0.25, 0.3) is 0 Å². The quantitative estimate of drug-likeness (QED) is 0.603. The van der Waals surface area contributed by atoms with E-state index >= 15 is 0 Å². The zero-order valence-corrected chi connectivity index (χ0v) is 15.9. The standard InChI is InChI=1S/C22H27N3O2/c1-27-24-16-19-9-11-21(12-10-19)22(26)23-15-18-5-7-20(8-6-18)17-25-13-3-2-4-14-25/h5-12,16H,2-4,13-15,17H2,1H3,(H,23,26)/b24-16+. The summed E-state index contributed by atoms with van der Waals surface area (Å²) in [7, 11) is 1.50. The first kappa shape index (κ1) is 19.1. The number of rotatable bonds is 7. The number of carbonyl (C=O) groups excluding carboxylic acids is 1. The molecule has 1 saturated heterocycles. The number of nitrogens with one attached hydrogen (secondary N) is 1. The van der Waals surface area contributed by atoms with Gasteiger partial charge in [-0.05, 0) is 54.8 Å². The first-order valence-electron chi connectivity index (χ1n) is 9.49. The highest BCUT2D eigenvalue weighted by Gasteiger charge is 2.10. The van der Waals surface area contributed by atoms with Gasteiger partial charge in [-0.25, -0.2) is 0 Å². The molecule has 2 aromatic rings. The average Bonchev–Trinajstić information content (AvgIpc) is 2.72. The van der Waals surface area contributed by atoms with Crippen molar-refractivity contribution in [2.24, 2.45) is 5.16 Å². The maximum atomic E-state index is 12.3. The van der Waals surface area contributed by atoms with Gasteiger partial charge < -0.3 is 10.2 Å². The van der Waals surface area contributed by atoms with Gasteiger partial charge >= 0.3 is 0 Å². The molecule has 1 N–H and O–H groups in total. The smallest absolute Gasteiger partial charge is 0.251 e. The van der Waals surface area contributed by atoms with Gasteiger partial charge in [-0.3, -0.25) is 9.69 Å². The van der Waals surface area contributed by atoms with Crippen molar-refractivity contribution in [1.82, 2.24) is 10.2 Å². The van der Waals surface area contributed by atoms with E-state index in [1.165, 1.54) is 45.0 Å². The van der Waals surface area contributed by atoms with Gasteiger partial charge in [-0.2, -0.15) is 0 Å². The molecule has 0 bridgehead atoms. The lowest BCUT2D eigenvalue weighted by atomic mass is 10.1. The molecule has 1 aliphatic heterocycles. The number of hydrogen-bond donors (Lipinski definition) is 1. The van der Waals surface area contributed by atoms with Crippen molar-refractivity contribution in [3.05, 3.63) is 70.8 Å². The Balaban J connectivity index is 1.48. The van der Waals surface area contributed by atoms with Gasteiger partial charge in [0.25, 0.3) is 5.91 Å². The van der Waals surface area contributed by atoms with Crippen LogP contribution in [-0.2, 0) is 17.9 Å². The topological polar surface area (TPSA) is 53.9 Å². The number of carbonyl (C=O) groups is 1. The predicted molar refractivity (Wildman–Crippen MR) is 108 cm³/mol. The molecule has 1 amide bonds. The summed E-state index contributed by atoms with van der Waals surface area (Å²) in [6, 6.07) is 15.8. The first-order valence-corrected chi connectivity index (χ1v) is 9.49. The van der Waals surface area contributed by atoms with E-state index in [4.69, 9.17) is 0 Å². The highest BCUT2D eigenvalue weighted by molar-refractivity contribution is 5.94. The lowest BCUT2D eigenvalue weighted by Crippen LogP contribution is -2.29. The molecule has 5 nitrogen and oxygen atoms in total. The van der Waals surface area contributed by atoms with Crippen LogP contribution in [-0.4, -0.2) is 37.2 Å². The summed E-state index contributed by atoms with van der Waals surface area (Å²) < 4.78 is 0. The van der Waals surface area contributed by atoms with E-state index < -0.39 is 0 Å². The van der Waals surface area contributed by atoms with Crippen LogP contribution >= 0.6 is 0 Å². The third kappa shape index (κ3) is 5.93. The predicted octanol–water partition coefficient (Wildman–Crippen LogP) is 3.58. The Kier molecular flexibility index (Phi) is 6.99. The first-order chi connectivity index (χ1) is 13.2. The Labute approximate surface area is 161 Å². The molecule has 0 radical (unpaired) electrons. The van der Waals surface area contributed by atoms with Crippen molar-refractivity contribution in [2.45, 2.75) is 32.4 Å². The highest BCUT2D eigenvalue weighted by atomic mass is 16.6. The van der Waals surface area contributed by atoms with E-state index in [-0.39, 0.29) is 5.91 Å². The van der Waals surface area contributed by atoms with E-state index in [0.29, 0.717) is 12.1 Å². The van der Waals surface area contributed by atoms with E-state index in [1.807, 2.05) is 12.1 Å². The van der Waals surface area contributed by atoms with Gasteiger partial charge in [0.1, 0.15) is 7.11 Å². The van der Waals surface area contributed by atoms with Crippen LogP contribution in [0.15, 0.2) is 53.7 Å². The maximum absolute atomic E-state index is 12.3. The van der Waals surface area contributed by atoms with Crippen molar-refractivity contribution in [1.29, 1.82) is 0 Å². The van der Waals surface area contributed by atoms with Crippen LogP contribution in [0.5, 0.6) is 0 Å². The number of oxime groups is 1. The Hall–Kier alpha value is -2.66. The summed E-state index contributed by atoms with van der Waals surface area (Å²) in [6.07, 6.45) is 5.58. The number of amides is 1. The van der Waals surface area contributed by atoms with Crippen LogP contribution in [0.2, 0.25) is 0 Å². The van der Waals surface area contributed by atoms with Crippen LogP contribution in [0, 0.1) is 0 Å². The Morgan fingerprint density at radius 1 is 1.04 bits per heavy atom. The molecule has 1 aliphatic rings. The summed E-state index contributed by atoms with van der Waals surface area (Å²) in [5.74, 6) is -0.0809. The molecule has 27 heavy (non-hydrogen) atoms. The van der Waals surface area contributed by atoms with E-state index in [0.717, 1.165) is 17.7 Å². The van der Waals surface area contributed by atoms with Crippen LogP contribution in [0.3, 0.4) is 0 Å². The molecule has 5 heteroatoms. The molecule has 0 spiro atoms. The van der Waals surface area contributed by atoms with Gasteiger partial charge in [0.2, 0.25) is 0 Å². The Bertz CT molecular complexity index is 748. The summed E-state index contributed by atoms with van der Waals surface area (Å²) >= 11 is 0. The molecule has 0 unspecified atom stereocenters. The van der Waals surface area contributed by atoms with E-state index in [2.05, 4.69) is 44.5 Å². The molecule has 0 aromatic heterocycles. The molecule has 0 aliphatic carbocycles. The van der Waals surface area contributed by atoms with E-state index in [9.17, 15) is 4.79 Å². The van der Waals surface area contributed by atoms with Gasteiger partial charge in [0.15, 0.2) is 0 Å². The minimum atomic E-state index is -0.0809. The summed E-state index contributed by atoms with van der Waals surface area (Å²) in [5.41, 5.74) is 3.96. The van der Waals surface area contributed by atoms with Crippen molar-refractivity contribution in [2.75, 3.05) is 20.2 Å². The van der Waals surface area contributed by atoms with Crippen LogP contribution in [0.4, 0.5) is 0 Å². The van der Waals surface area contributed by atoms with Crippen LogP contribution in [0.1, 0.15) is 46.3 Å². The van der Waals surface area contributed by atoms with Gasteiger partial charge in [-0.1, -0.05) is 48.0 Å². The van der Waals surface area contributed by atoms with Crippen molar-refractivity contribution < 1.29 is 9.63 Å². The number of benzene rings is 2. The SMILES string of the molecule is CO/N=C/c1ccc(C(=O)NCc2ccc(CN3CCCCC3)cc2)cc1. The third-order valence-corrected chi connectivity index (χ3v) is 4.81. The number of hydrogen-bond acceptors (Lipinski definition) is 4. The Morgan fingerprint density at radius 3 is 2.37 bits per heavy atom. The second kappa shape index (κ2) is 9.88. The molecular weight excluding hydrogens is 338 g/mol. The fraction of sp³-hybridized carbons (Fsp3) is 0.364. The van der Waals surface area contributed by atoms with Crippen LogP contribution < -0.4 is 5.32 Å². The van der Waals surface area contributed by atoms with E-state index in [1.54, 1.807) is 18.3 Å². The van der Waals surface area contributed by atoms with Crippen molar-refractivity contribution in [3.63, 3.8) is 0 Å². The molecule has 1 heterocycles. The second-order valence-electron chi connectivity index (χ2n) is 6.88. The minimum absolute atomic E-state index is 0.0809. The fourth-order valence-electron chi connectivity index (χ4n) is 3.26. The zero-order valence-electron chi connectivity index (χ0n) is 15.9. The number of nitrogens with zero attached hydrogens (tertiary/aromatic N) is 2. The summed E-state index contributed by atoms with van der Waals surface area (Å²) in [4.78, 5) is 19.5. The third-order valence-electron chi connectivity index (χ3n) is 4.81. The average molecular weight is 365 g/mol. The Morgan fingerprint density at radius 2 is 1.70 bits per heavy atom. The molecule has 3 rings (SSSR count).